The van der Waals surface area contributed by atoms with Gasteiger partial charge < -0.3 is 19.9 Å². The first-order valence-electron chi connectivity index (χ1n) is 10.3. The van der Waals surface area contributed by atoms with E-state index in [1.165, 1.54) is 33.8 Å². The van der Waals surface area contributed by atoms with Crippen LogP contribution in [0.1, 0.15) is 45.9 Å². The molecule has 4 rings (SSSR count). The molecule has 0 spiro atoms. The molecule has 0 aliphatic carbocycles. The zero-order valence-electron chi connectivity index (χ0n) is 17.9. The molecular formula is C24H28N4OS. The standard InChI is InChI=1S/C24H28N4OS/c1-15-8-7-10-21(17(15)3)28-16(2)14-19(18(28)4)23-22(20-9-5-6-11-25-20)26-24(30)27(23)12-13-29/h5-11,14,22-23,29H,12-13H2,1-4H3,(H,26,30)/t22-,23-/m0/s1. The molecule has 30 heavy (non-hydrogen) atoms. The number of β-amino-alcohol motifs (C(OH)–C–C–N with tert-alkyl or cyclic N) is 1. The van der Waals surface area contributed by atoms with E-state index in [4.69, 9.17) is 12.2 Å². The SMILES string of the molecule is Cc1cccc(-n2c(C)cc([C@H]3[C@H](c4ccccn4)NC(=S)N3CCO)c2C)c1C. The molecule has 0 amide bonds. The monoisotopic (exact) mass is 420 g/mol. The maximum Gasteiger partial charge on any atom is 0.170 e. The van der Waals surface area contributed by atoms with Gasteiger partial charge in [0.25, 0.3) is 0 Å². The predicted molar refractivity (Wildman–Crippen MR) is 124 cm³/mol. The molecule has 2 N–H and O–H groups in total. The van der Waals surface area contributed by atoms with Gasteiger partial charge in [-0.25, -0.2) is 0 Å². The summed E-state index contributed by atoms with van der Waals surface area (Å²) in [6.45, 7) is 9.15. The van der Waals surface area contributed by atoms with Crippen molar-refractivity contribution >= 4 is 17.3 Å². The normalized spacial score (nSPS) is 18.7. The minimum absolute atomic E-state index is 0.0374. The number of nitrogens with one attached hydrogen (secondary N) is 1. The van der Waals surface area contributed by atoms with E-state index in [1.807, 2.05) is 24.4 Å². The Morgan fingerprint density at radius 1 is 1.10 bits per heavy atom. The Bertz CT molecular complexity index is 1080. The van der Waals surface area contributed by atoms with Gasteiger partial charge in [0.15, 0.2) is 5.11 Å². The van der Waals surface area contributed by atoms with Crippen LogP contribution in [0, 0.1) is 27.7 Å². The van der Waals surface area contributed by atoms with Crippen molar-refractivity contribution in [3.8, 4) is 5.69 Å². The van der Waals surface area contributed by atoms with Crippen molar-refractivity contribution in [1.82, 2.24) is 19.8 Å². The van der Waals surface area contributed by atoms with Crippen LogP contribution in [0.4, 0.5) is 0 Å². The van der Waals surface area contributed by atoms with Gasteiger partial charge in [0, 0.05) is 29.8 Å². The van der Waals surface area contributed by atoms with E-state index in [1.54, 1.807) is 0 Å². The fourth-order valence-corrected chi connectivity index (χ4v) is 4.86. The number of hydrogen-bond donors (Lipinski definition) is 2. The minimum Gasteiger partial charge on any atom is -0.395 e. The average molecular weight is 421 g/mol. The molecule has 1 saturated heterocycles. The zero-order chi connectivity index (χ0) is 21.4. The second kappa shape index (κ2) is 8.20. The summed E-state index contributed by atoms with van der Waals surface area (Å²) in [5.74, 6) is 0. The second-order valence-electron chi connectivity index (χ2n) is 7.92. The number of hydrogen-bond acceptors (Lipinski definition) is 3. The average Bonchev–Trinajstić information content (AvgIpc) is 3.21. The molecule has 5 nitrogen and oxygen atoms in total. The van der Waals surface area contributed by atoms with E-state index >= 15 is 0 Å². The Labute approximate surface area is 183 Å². The van der Waals surface area contributed by atoms with E-state index in [2.05, 4.69) is 71.7 Å². The Morgan fingerprint density at radius 3 is 2.60 bits per heavy atom. The molecule has 1 fully saturated rings. The molecule has 0 radical (unpaired) electrons. The summed E-state index contributed by atoms with van der Waals surface area (Å²) in [6, 6.07) is 14.5. The van der Waals surface area contributed by atoms with E-state index in [0.29, 0.717) is 11.7 Å². The molecule has 1 aromatic carbocycles. The molecule has 2 aromatic heterocycles. The number of aliphatic hydroxyl groups is 1. The third-order valence-electron chi connectivity index (χ3n) is 6.14. The summed E-state index contributed by atoms with van der Waals surface area (Å²) in [5.41, 5.74) is 8.26. The summed E-state index contributed by atoms with van der Waals surface area (Å²) in [5, 5.41) is 13.8. The first kappa shape index (κ1) is 20.6. The minimum atomic E-state index is -0.0715. The molecule has 0 bridgehead atoms. The number of pyridine rings is 1. The lowest BCUT2D eigenvalue weighted by atomic mass is 9.96. The summed E-state index contributed by atoms with van der Waals surface area (Å²) in [4.78, 5) is 6.68. The van der Waals surface area contributed by atoms with Crippen LogP contribution in [0.25, 0.3) is 5.69 Å². The van der Waals surface area contributed by atoms with Gasteiger partial charge in [-0.15, -0.1) is 0 Å². The Hall–Kier alpha value is -2.70. The van der Waals surface area contributed by atoms with Crippen LogP contribution < -0.4 is 5.32 Å². The summed E-state index contributed by atoms with van der Waals surface area (Å²) in [7, 11) is 0. The van der Waals surface area contributed by atoms with Crippen molar-refractivity contribution < 1.29 is 5.11 Å². The molecule has 1 aliphatic rings. The molecule has 3 heterocycles. The van der Waals surface area contributed by atoms with Gasteiger partial charge in [0.2, 0.25) is 0 Å². The first-order valence-corrected chi connectivity index (χ1v) is 10.7. The van der Waals surface area contributed by atoms with E-state index in [-0.39, 0.29) is 18.7 Å². The Kier molecular flexibility index (Phi) is 5.62. The van der Waals surface area contributed by atoms with Crippen LogP contribution in [0.3, 0.4) is 0 Å². The van der Waals surface area contributed by atoms with Crippen LogP contribution >= 0.6 is 12.2 Å². The van der Waals surface area contributed by atoms with Gasteiger partial charge in [0.1, 0.15) is 0 Å². The Morgan fingerprint density at radius 2 is 1.90 bits per heavy atom. The number of aromatic nitrogens is 2. The lowest BCUT2D eigenvalue weighted by Crippen LogP contribution is -2.32. The van der Waals surface area contributed by atoms with Crippen molar-refractivity contribution in [1.29, 1.82) is 0 Å². The van der Waals surface area contributed by atoms with Crippen molar-refractivity contribution in [3.05, 3.63) is 82.4 Å². The highest BCUT2D eigenvalue weighted by molar-refractivity contribution is 7.80. The third-order valence-corrected chi connectivity index (χ3v) is 6.50. The van der Waals surface area contributed by atoms with Crippen molar-refractivity contribution in [2.24, 2.45) is 0 Å². The third kappa shape index (κ3) is 3.40. The van der Waals surface area contributed by atoms with Gasteiger partial charge in [-0.05, 0) is 80.9 Å². The van der Waals surface area contributed by atoms with Crippen LogP contribution in [-0.4, -0.2) is 37.8 Å². The predicted octanol–water partition coefficient (Wildman–Crippen LogP) is 4.07. The maximum atomic E-state index is 9.69. The topological polar surface area (TPSA) is 53.3 Å². The summed E-state index contributed by atoms with van der Waals surface area (Å²) in [6.07, 6.45) is 1.81. The van der Waals surface area contributed by atoms with Crippen molar-refractivity contribution in [2.75, 3.05) is 13.2 Å². The van der Waals surface area contributed by atoms with Gasteiger partial charge in [-0.3, -0.25) is 4.98 Å². The molecule has 1 aliphatic heterocycles. The maximum absolute atomic E-state index is 9.69. The van der Waals surface area contributed by atoms with E-state index in [9.17, 15) is 5.11 Å². The number of aryl methyl sites for hydroxylation is 2. The Balaban J connectivity index is 1.86. The van der Waals surface area contributed by atoms with Crippen molar-refractivity contribution in [2.45, 2.75) is 39.8 Å². The number of benzene rings is 1. The summed E-state index contributed by atoms with van der Waals surface area (Å²) >= 11 is 5.64. The summed E-state index contributed by atoms with van der Waals surface area (Å²) < 4.78 is 2.33. The molecular weight excluding hydrogens is 392 g/mol. The molecule has 6 heteroatoms. The smallest absolute Gasteiger partial charge is 0.170 e. The largest absolute Gasteiger partial charge is 0.395 e. The highest BCUT2D eigenvalue weighted by Crippen LogP contribution is 2.41. The van der Waals surface area contributed by atoms with E-state index < -0.39 is 0 Å². The molecule has 2 atom stereocenters. The number of thiocarbonyl (C=S) groups is 1. The highest BCUT2D eigenvalue weighted by atomic mass is 32.1. The van der Waals surface area contributed by atoms with Crippen LogP contribution in [-0.2, 0) is 0 Å². The van der Waals surface area contributed by atoms with E-state index in [0.717, 1.165) is 5.69 Å². The van der Waals surface area contributed by atoms with Gasteiger partial charge in [0.05, 0.1) is 24.4 Å². The zero-order valence-corrected chi connectivity index (χ0v) is 18.7. The quantitative estimate of drug-likeness (QED) is 0.610. The lowest BCUT2D eigenvalue weighted by Gasteiger charge is -2.27. The van der Waals surface area contributed by atoms with Gasteiger partial charge in [-0.1, -0.05) is 18.2 Å². The lowest BCUT2D eigenvalue weighted by molar-refractivity contribution is 0.223. The van der Waals surface area contributed by atoms with Crippen LogP contribution in [0.15, 0.2) is 48.7 Å². The number of aliphatic hydroxyl groups excluding tert-OH is 1. The number of rotatable bonds is 5. The number of nitrogens with zero attached hydrogens (tertiary/aromatic N) is 3. The second-order valence-corrected chi connectivity index (χ2v) is 8.31. The van der Waals surface area contributed by atoms with Gasteiger partial charge >= 0.3 is 0 Å². The molecule has 3 aromatic rings. The van der Waals surface area contributed by atoms with Crippen LogP contribution in [0.5, 0.6) is 0 Å². The molecule has 156 valence electrons. The van der Waals surface area contributed by atoms with Crippen LogP contribution in [0.2, 0.25) is 0 Å². The fourth-order valence-electron chi connectivity index (χ4n) is 4.53. The molecule has 0 unspecified atom stereocenters. The molecule has 0 saturated carbocycles. The van der Waals surface area contributed by atoms with Gasteiger partial charge in [-0.2, -0.15) is 0 Å². The first-order chi connectivity index (χ1) is 14.4. The fraction of sp³-hybridized carbons (Fsp3) is 0.333. The highest BCUT2D eigenvalue weighted by Gasteiger charge is 2.41. The van der Waals surface area contributed by atoms with Crippen molar-refractivity contribution in [3.63, 3.8) is 0 Å².